The maximum atomic E-state index is 15.7. The van der Waals surface area contributed by atoms with Gasteiger partial charge in [0.25, 0.3) is 17.7 Å². The number of pyridine rings is 1. The molecule has 6 aromatic rings. The van der Waals surface area contributed by atoms with Crippen LogP contribution in [0.25, 0.3) is 21.8 Å². The molecule has 4 aliphatic rings. The van der Waals surface area contributed by atoms with E-state index in [0.717, 1.165) is 31.0 Å². The number of carbonyl (C=O) groups is 6. The second-order valence-corrected chi connectivity index (χ2v) is 18.5. The van der Waals surface area contributed by atoms with Crippen LogP contribution in [-0.4, -0.2) is 123 Å². The number of aryl methyl sites for hydroxylation is 1. The van der Waals surface area contributed by atoms with E-state index >= 15 is 4.39 Å². The summed E-state index contributed by atoms with van der Waals surface area (Å²) >= 11 is 0. The van der Waals surface area contributed by atoms with E-state index in [4.69, 9.17) is 14.2 Å². The Morgan fingerprint density at radius 2 is 1.60 bits per heavy atom. The Morgan fingerprint density at radius 3 is 2.32 bits per heavy atom. The van der Waals surface area contributed by atoms with Gasteiger partial charge in [0, 0.05) is 80.0 Å². The summed E-state index contributed by atoms with van der Waals surface area (Å²) in [5, 5.41) is 7.75. The van der Waals surface area contributed by atoms with Crippen LogP contribution in [0.4, 0.5) is 28.9 Å². The second kappa shape index (κ2) is 19.6. The number of piperazine rings is 1. The number of methoxy groups -OCH3 is 1. The molecule has 4 aromatic carbocycles. The van der Waals surface area contributed by atoms with Gasteiger partial charge in [0.2, 0.25) is 29.0 Å². The predicted octanol–water partition coefficient (Wildman–Crippen LogP) is 5.33. The third kappa shape index (κ3) is 9.94. The van der Waals surface area contributed by atoms with E-state index in [1.807, 2.05) is 4.90 Å². The molecule has 2 aromatic heterocycles. The van der Waals surface area contributed by atoms with Crippen LogP contribution in [0.15, 0.2) is 77.9 Å². The summed E-state index contributed by atoms with van der Waals surface area (Å²) < 4.78 is 77.3. The summed E-state index contributed by atoms with van der Waals surface area (Å²) in [6.45, 7) is 2.29. The molecule has 0 saturated carbocycles. The van der Waals surface area contributed by atoms with Crippen LogP contribution < -0.4 is 40.3 Å². The summed E-state index contributed by atoms with van der Waals surface area (Å²) in [4.78, 5) is 105. The molecule has 6 amide bonds. The SMILES string of the molecule is COc1cc2c(Oc3ccc(NC(=O)c4c(C)n(C)c5ccc(OC(F)(F)F)cc5c4=O)cc3F)ncnc2cc1OCC(=O)N1C2CCC1CN(CC(=O)Nc1ccc3c(c1)CN(C1CCC(=O)NC1=O)C3=O)C2. The molecule has 0 spiro atoms. The highest BCUT2D eigenvalue weighted by atomic mass is 19.4. The topological polar surface area (TPSA) is 233 Å². The van der Waals surface area contributed by atoms with Crippen LogP contribution in [0.1, 0.15) is 57.7 Å². The fourth-order valence-corrected chi connectivity index (χ4v) is 10.3. The first-order valence-corrected chi connectivity index (χ1v) is 23.6. The van der Waals surface area contributed by atoms with Crippen molar-refractivity contribution in [1.82, 2.24) is 34.6 Å². The zero-order valence-corrected chi connectivity index (χ0v) is 40.2. The van der Waals surface area contributed by atoms with Gasteiger partial charge in [-0.25, -0.2) is 14.4 Å². The van der Waals surface area contributed by atoms with Crippen molar-refractivity contribution in [3.05, 3.63) is 111 Å². The monoisotopic (exact) mass is 1040 g/mol. The molecule has 3 atom stereocenters. The first-order chi connectivity index (χ1) is 35.8. The smallest absolute Gasteiger partial charge is 0.493 e. The van der Waals surface area contributed by atoms with Crippen LogP contribution in [0.3, 0.4) is 0 Å². The molecule has 0 radical (unpaired) electrons. The van der Waals surface area contributed by atoms with Crippen LogP contribution >= 0.6 is 0 Å². The number of nitrogens with one attached hydrogen (secondary N) is 3. The van der Waals surface area contributed by atoms with E-state index in [-0.39, 0.29) is 125 Å². The molecule has 3 fully saturated rings. The highest BCUT2D eigenvalue weighted by Crippen LogP contribution is 2.38. The number of benzene rings is 4. The maximum absolute atomic E-state index is 15.7. The standard InChI is InChI=1S/C51H45F4N9O11/c1-25-45(46(68)34-16-31(75-51(53,54)55)8-10-37(34)61(25)2)48(70)59-28-5-12-39(35(52)15-28)74-49-33-17-40(72-3)41(18-36(33)56-24-57-49)73-23-44(67)64-29-6-7-30(64)21-62(20-29)22-43(66)58-27-4-9-32-26(14-27)19-63(50(32)71)38-11-13-42(65)60-47(38)69/h4-5,8-10,12,14-18,24,29-30,38H,6-7,11,13,19-23H2,1-3H3,(H,58,66)(H,59,70)(H,60,65,69). The van der Waals surface area contributed by atoms with Gasteiger partial charge in [-0.05, 0) is 86.3 Å². The van der Waals surface area contributed by atoms with Gasteiger partial charge in [0.05, 0.1) is 35.5 Å². The van der Waals surface area contributed by atoms with Crippen LogP contribution in [0.5, 0.6) is 28.9 Å². The quantitative estimate of drug-likeness (QED) is 0.0980. The number of likely N-dealkylation sites (tertiary alicyclic amines) is 1. The van der Waals surface area contributed by atoms with Gasteiger partial charge in [-0.15, -0.1) is 13.2 Å². The number of piperidine rings is 1. The van der Waals surface area contributed by atoms with Crippen molar-refractivity contribution in [3.8, 4) is 28.9 Å². The van der Waals surface area contributed by atoms with E-state index in [1.54, 1.807) is 23.1 Å². The Bertz CT molecular complexity index is 3450. The molecule has 3 N–H and O–H groups in total. The molecule has 75 heavy (non-hydrogen) atoms. The average molecular weight is 1040 g/mol. The van der Waals surface area contributed by atoms with Crippen LogP contribution in [0.2, 0.25) is 0 Å². The molecule has 24 heteroatoms. The van der Waals surface area contributed by atoms with E-state index in [0.29, 0.717) is 35.4 Å². The molecule has 2 bridgehead atoms. The summed E-state index contributed by atoms with van der Waals surface area (Å²) in [5.74, 6) is -4.25. The van der Waals surface area contributed by atoms with Gasteiger partial charge < -0.3 is 43.9 Å². The van der Waals surface area contributed by atoms with Gasteiger partial charge in [-0.2, -0.15) is 0 Å². The third-order valence-corrected chi connectivity index (χ3v) is 13.8. The number of carbonyl (C=O) groups excluding carboxylic acids is 6. The number of hydrogen-bond donors (Lipinski definition) is 3. The zero-order chi connectivity index (χ0) is 53.0. The number of amides is 6. The molecule has 20 nitrogen and oxygen atoms in total. The molecule has 388 valence electrons. The minimum Gasteiger partial charge on any atom is -0.493 e. The summed E-state index contributed by atoms with van der Waals surface area (Å²) in [5.41, 5.74) is 1.02. The van der Waals surface area contributed by atoms with E-state index in [9.17, 15) is 46.7 Å². The number of halogens is 4. The van der Waals surface area contributed by atoms with Crippen molar-refractivity contribution in [2.24, 2.45) is 7.05 Å². The number of anilines is 2. The average Bonchev–Trinajstić information content (AvgIpc) is 3.83. The minimum atomic E-state index is -5.01. The Hall–Kier alpha value is -8.67. The first kappa shape index (κ1) is 49.9. The van der Waals surface area contributed by atoms with Gasteiger partial charge in [-0.3, -0.25) is 43.8 Å². The predicted molar refractivity (Wildman–Crippen MR) is 258 cm³/mol. The molecular weight excluding hydrogens is 991 g/mol. The van der Waals surface area contributed by atoms with Gasteiger partial charge in [0.1, 0.15) is 23.7 Å². The van der Waals surface area contributed by atoms with Crippen molar-refractivity contribution in [2.75, 3.05) is 44.0 Å². The molecule has 10 rings (SSSR count). The van der Waals surface area contributed by atoms with Gasteiger partial charge in [-0.1, -0.05) is 0 Å². The number of aromatic nitrogens is 3. The minimum absolute atomic E-state index is 0.0681. The first-order valence-electron chi connectivity index (χ1n) is 23.6. The van der Waals surface area contributed by atoms with E-state index < -0.39 is 41.2 Å². The van der Waals surface area contributed by atoms with Crippen LogP contribution in [0, 0.1) is 12.7 Å². The lowest BCUT2D eigenvalue weighted by atomic mass is 10.0. The largest absolute Gasteiger partial charge is 0.573 e. The van der Waals surface area contributed by atoms with Crippen molar-refractivity contribution in [3.63, 3.8) is 0 Å². The van der Waals surface area contributed by atoms with E-state index in [2.05, 4.69) is 30.7 Å². The number of alkyl halides is 3. The fraction of sp³-hybridized carbons (Fsp3) is 0.314. The van der Waals surface area contributed by atoms with Gasteiger partial charge in [0.15, 0.2) is 29.7 Å². The lowest BCUT2D eigenvalue weighted by Gasteiger charge is -2.40. The Labute approximate surface area is 422 Å². The number of ether oxygens (including phenoxy) is 4. The zero-order valence-electron chi connectivity index (χ0n) is 40.2. The summed E-state index contributed by atoms with van der Waals surface area (Å²) in [6, 6.07) is 13.6. The molecular formula is C51H45F4N9O11. The van der Waals surface area contributed by atoms with E-state index in [1.165, 1.54) is 67.2 Å². The van der Waals surface area contributed by atoms with Crippen LogP contribution in [-0.2, 0) is 32.8 Å². The normalized spacial score (nSPS) is 18.5. The number of hydrogen-bond acceptors (Lipinski definition) is 14. The molecule has 3 saturated heterocycles. The molecule has 4 aliphatic heterocycles. The molecule has 3 unspecified atom stereocenters. The highest BCUT2D eigenvalue weighted by Gasteiger charge is 2.43. The van der Waals surface area contributed by atoms with Crippen molar-refractivity contribution < 1.29 is 65.3 Å². The summed E-state index contributed by atoms with van der Waals surface area (Å²) in [7, 11) is 2.92. The fourth-order valence-electron chi connectivity index (χ4n) is 10.3. The number of rotatable bonds is 13. The van der Waals surface area contributed by atoms with Crippen molar-refractivity contribution in [2.45, 2.75) is 63.6 Å². The second-order valence-electron chi connectivity index (χ2n) is 18.5. The Balaban J connectivity index is 0.749. The lowest BCUT2D eigenvalue weighted by Crippen LogP contribution is -2.57. The van der Waals surface area contributed by atoms with Gasteiger partial charge >= 0.3 is 6.36 Å². The highest BCUT2D eigenvalue weighted by molar-refractivity contribution is 6.07. The lowest BCUT2D eigenvalue weighted by molar-refractivity contribution is -0.274. The van der Waals surface area contributed by atoms with Crippen molar-refractivity contribution >= 4 is 68.6 Å². The summed E-state index contributed by atoms with van der Waals surface area (Å²) in [6.07, 6.45) is -1.98. The Kier molecular flexibility index (Phi) is 13.1. The third-order valence-electron chi connectivity index (χ3n) is 13.8. The van der Waals surface area contributed by atoms with Crippen molar-refractivity contribution in [1.29, 1.82) is 0 Å². The molecule has 0 aliphatic carbocycles. The number of imide groups is 1. The maximum Gasteiger partial charge on any atom is 0.573 e. The number of nitrogens with zero attached hydrogens (tertiary/aromatic N) is 6. The Morgan fingerprint density at radius 1 is 0.853 bits per heavy atom. The number of fused-ring (bicyclic) bond motifs is 5. The molecule has 6 heterocycles.